The molecule has 0 atom stereocenters. The van der Waals surface area contributed by atoms with Crippen LogP contribution in [0.4, 0.5) is 34.1 Å². The lowest BCUT2D eigenvalue weighted by molar-refractivity contribution is 0.332. The highest BCUT2D eigenvalue weighted by Crippen LogP contribution is 2.52. The van der Waals surface area contributed by atoms with Gasteiger partial charge in [-0.05, 0) is 247 Å². The number of fused-ring (bicyclic) bond motifs is 9. The molecule has 4 aliphatic rings. The van der Waals surface area contributed by atoms with Crippen molar-refractivity contribution in [3.63, 3.8) is 0 Å². The third kappa shape index (κ3) is 11.3. The van der Waals surface area contributed by atoms with Gasteiger partial charge in [0.25, 0.3) is 6.71 Å². The zero-order valence-electron chi connectivity index (χ0n) is 64.5. The second kappa shape index (κ2) is 23.2. The van der Waals surface area contributed by atoms with Gasteiger partial charge in [-0.3, -0.25) is 0 Å². The Morgan fingerprint density at radius 3 is 1.15 bits per heavy atom. The maximum absolute atomic E-state index is 2.64. The fourth-order valence-corrected chi connectivity index (χ4v) is 17.7. The van der Waals surface area contributed by atoms with Crippen molar-refractivity contribution in [3.05, 3.63) is 263 Å². The van der Waals surface area contributed by atoms with E-state index in [-0.39, 0.29) is 50.0 Å². The second-order valence-electron chi connectivity index (χ2n) is 37.7. The van der Waals surface area contributed by atoms with Crippen LogP contribution in [0, 0.1) is 0 Å². The molecule has 1 aromatic heterocycles. The summed E-state index contributed by atoms with van der Waals surface area (Å²) in [7, 11) is 0. The van der Waals surface area contributed by atoms with Crippen LogP contribution in [-0.4, -0.2) is 11.3 Å². The lowest BCUT2D eigenvalue weighted by Gasteiger charge is -2.45. The Hall–Kier alpha value is -9.12. The van der Waals surface area contributed by atoms with E-state index >= 15 is 0 Å². The van der Waals surface area contributed by atoms with Crippen molar-refractivity contribution >= 4 is 79.0 Å². The van der Waals surface area contributed by atoms with Crippen LogP contribution in [0.3, 0.4) is 0 Å². The van der Waals surface area contributed by atoms with E-state index in [9.17, 15) is 0 Å². The van der Waals surface area contributed by atoms with Crippen molar-refractivity contribution in [3.8, 4) is 50.2 Å². The molecule has 0 N–H and O–H groups in total. The zero-order valence-corrected chi connectivity index (χ0v) is 64.5. The van der Waals surface area contributed by atoms with E-state index in [0.717, 1.165) is 17.1 Å². The van der Waals surface area contributed by atoms with Crippen molar-refractivity contribution in [2.24, 2.45) is 0 Å². The van der Waals surface area contributed by atoms with Crippen molar-refractivity contribution in [1.82, 2.24) is 4.57 Å². The van der Waals surface area contributed by atoms with E-state index in [4.69, 9.17) is 0 Å². The lowest BCUT2D eigenvalue weighted by Crippen LogP contribution is -2.61. The van der Waals surface area contributed by atoms with Gasteiger partial charge in [-0.1, -0.05) is 284 Å². The molecule has 0 saturated heterocycles. The summed E-state index contributed by atoms with van der Waals surface area (Å²) in [4.78, 5) is 5.28. The van der Waals surface area contributed by atoms with Gasteiger partial charge in [0, 0.05) is 50.6 Å². The molecule has 0 unspecified atom stereocenters. The summed E-state index contributed by atoms with van der Waals surface area (Å²) in [6, 6.07) is 87.0. The minimum atomic E-state index is -0.129. The van der Waals surface area contributed by atoms with Crippen LogP contribution in [0.2, 0.25) is 0 Å². The summed E-state index contributed by atoms with van der Waals surface area (Å²) < 4.78 is 2.53. The van der Waals surface area contributed by atoms with Crippen LogP contribution in [0.15, 0.2) is 218 Å². The third-order valence-corrected chi connectivity index (χ3v) is 24.6. The SMILES string of the molecule is CC(C)(C)c1ccc(-c2cc3c4c(c2)N(c2ccc(-c5ccc6c(c5)C(C)(C)CCC6(C)C)cc2)c2cc(-n5c6ccccc6c6cc(C(C)(C)C)ccc65)ccc2B4c2ccc(-c4cc(C(C)(C)C)cc(C(C)(C)C)c4)cc2N3c2ccc(-c3ccc4c(c3)C(C)(C)CCC4(C)C)cc2)cc1. The summed E-state index contributed by atoms with van der Waals surface area (Å²) >= 11 is 0. The average molecular weight is 1330 g/mol. The predicted octanol–water partition coefficient (Wildman–Crippen LogP) is 25.4. The van der Waals surface area contributed by atoms with E-state index in [1.807, 2.05) is 0 Å². The summed E-state index contributed by atoms with van der Waals surface area (Å²) in [5.74, 6) is 0. The molecule has 0 fully saturated rings. The maximum Gasteiger partial charge on any atom is 0.252 e. The van der Waals surface area contributed by atoms with Crippen LogP contribution in [-0.2, 0) is 43.3 Å². The van der Waals surface area contributed by atoms with Gasteiger partial charge < -0.3 is 14.4 Å². The fraction of sp³-hybridized carbons (Fsp3) is 0.327. The number of benzene rings is 11. The lowest BCUT2D eigenvalue weighted by atomic mass is 9.33. The molecule has 2 aliphatic heterocycles. The molecular formula is C98H104BN3. The summed E-state index contributed by atoms with van der Waals surface area (Å²) in [5.41, 5.74) is 35.8. The van der Waals surface area contributed by atoms with Gasteiger partial charge in [0.1, 0.15) is 0 Å². The van der Waals surface area contributed by atoms with Gasteiger partial charge >= 0.3 is 0 Å². The molecule has 0 amide bonds. The highest BCUT2D eigenvalue weighted by Gasteiger charge is 2.45. The predicted molar refractivity (Wildman–Crippen MR) is 442 cm³/mol. The maximum atomic E-state index is 2.64. The number of nitrogens with zero attached hydrogens (tertiary/aromatic N) is 3. The molecule has 102 heavy (non-hydrogen) atoms. The van der Waals surface area contributed by atoms with Crippen LogP contribution < -0.4 is 26.2 Å². The molecule has 0 bridgehead atoms. The minimum Gasteiger partial charge on any atom is -0.311 e. The molecule has 11 aromatic carbocycles. The van der Waals surface area contributed by atoms with Crippen molar-refractivity contribution < 1.29 is 0 Å². The Labute approximate surface area is 610 Å². The number of para-hydroxylation sites is 1. The average Bonchev–Trinajstić information content (AvgIpc) is 0.695. The molecule has 0 spiro atoms. The summed E-state index contributed by atoms with van der Waals surface area (Å²) in [5, 5.41) is 2.54. The molecule has 4 heteroatoms. The smallest absolute Gasteiger partial charge is 0.252 e. The van der Waals surface area contributed by atoms with Crippen LogP contribution in [0.5, 0.6) is 0 Å². The largest absolute Gasteiger partial charge is 0.311 e. The summed E-state index contributed by atoms with van der Waals surface area (Å²) in [6.45, 7) is 47.4. The molecule has 12 aromatic rings. The van der Waals surface area contributed by atoms with E-state index in [1.54, 1.807) is 0 Å². The highest BCUT2D eigenvalue weighted by molar-refractivity contribution is 7.00. The monoisotopic (exact) mass is 1330 g/mol. The van der Waals surface area contributed by atoms with Crippen LogP contribution in [0.1, 0.15) is 209 Å². The molecule has 3 heterocycles. The van der Waals surface area contributed by atoms with Crippen molar-refractivity contribution in [1.29, 1.82) is 0 Å². The van der Waals surface area contributed by atoms with Gasteiger partial charge in [-0.2, -0.15) is 0 Å². The molecule has 3 nitrogen and oxygen atoms in total. The molecule has 0 saturated carbocycles. The quantitative estimate of drug-likeness (QED) is 0.147. The topological polar surface area (TPSA) is 11.4 Å². The molecule has 16 rings (SSSR count). The first-order valence-corrected chi connectivity index (χ1v) is 37.9. The Balaban J connectivity index is 0.969. The fourth-order valence-electron chi connectivity index (χ4n) is 17.7. The zero-order chi connectivity index (χ0) is 71.9. The van der Waals surface area contributed by atoms with Gasteiger partial charge in [0.15, 0.2) is 0 Å². The van der Waals surface area contributed by atoms with Gasteiger partial charge in [0.2, 0.25) is 0 Å². The molecule has 2 aliphatic carbocycles. The first kappa shape index (κ1) is 67.4. The Bertz CT molecular complexity index is 5330. The summed E-state index contributed by atoms with van der Waals surface area (Å²) in [6.07, 6.45) is 4.74. The second-order valence-corrected chi connectivity index (χ2v) is 37.7. The Kier molecular flexibility index (Phi) is 15.3. The van der Waals surface area contributed by atoms with Gasteiger partial charge in [-0.25, -0.2) is 0 Å². The van der Waals surface area contributed by atoms with E-state index in [2.05, 4.69) is 371 Å². The molecular weight excluding hydrogens is 1230 g/mol. The standard InChI is InChI=1S/C98H104BN3/c1-91(2,3)69-34-25-63(26-35-69)68-56-88-90-89(57-68)101(74-39-29-62(30-40-74)65-32-43-79-81(54-65)98(19,20)50-48-96(79,15)16)87-60-75(102-84-24-22-21-23-76(84)77-59-70(92(4,5)6)36-46-85(77)102)41-45-83(87)99(90)82-44-33-66(67-51-71(93(7,8)9)58-72(52-67)94(10,11)12)55-86(82)100(88)73-37-27-61(28-38-73)64-31-42-78-80(53-64)97(17,18)49-47-95(78,13)14/h21-46,51-60H,47-50H2,1-20H3. The molecule has 514 valence electrons. The number of hydrogen-bond donors (Lipinski definition) is 0. The number of anilines is 6. The van der Waals surface area contributed by atoms with Gasteiger partial charge in [0.05, 0.1) is 11.0 Å². The van der Waals surface area contributed by atoms with Gasteiger partial charge in [-0.15, -0.1) is 0 Å². The Morgan fingerprint density at radius 2 is 0.647 bits per heavy atom. The molecule has 0 radical (unpaired) electrons. The minimum absolute atomic E-state index is 0.00839. The first-order valence-electron chi connectivity index (χ1n) is 37.9. The number of hydrogen-bond acceptors (Lipinski definition) is 2. The first-order chi connectivity index (χ1) is 48.0. The van der Waals surface area contributed by atoms with E-state index in [0.29, 0.717) is 0 Å². The van der Waals surface area contributed by atoms with E-state index in [1.165, 1.54) is 176 Å². The van der Waals surface area contributed by atoms with Crippen molar-refractivity contribution in [2.75, 3.05) is 9.80 Å². The van der Waals surface area contributed by atoms with Crippen LogP contribution in [0.25, 0.3) is 72.0 Å². The number of rotatable bonds is 7. The van der Waals surface area contributed by atoms with Crippen molar-refractivity contribution in [2.45, 2.75) is 207 Å². The third-order valence-electron chi connectivity index (χ3n) is 24.6. The highest BCUT2D eigenvalue weighted by atomic mass is 15.2. The van der Waals surface area contributed by atoms with Crippen LogP contribution >= 0.6 is 0 Å². The Morgan fingerprint density at radius 1 is 0.275 bits per heavy atom. The normalized spacial score (nSPS) is 16.5. The number of aromatic nitrogens is 1. The van der Waals surface area contributed by atoms with E-state index < -0.39 is 0 Å².